The molecule has 0 unspecified atom stereocenters. The Balaban J connectivity index is 2.44. The Bertz CT molecular complexity index is 332. The second-order valence-electron chi connectivity index (χ2n) is 3.69. The van der Waals surface area contributed by atoms with Crippen molar-refractivity contribution in [1.82, 2.24) is 20.3 Å². The molecule has 0 atom stereocenters. The van der Waals surface area contributed by atoms with Crippen molar-refractivity contribution in [2.24, 2.45) is 5.73 Å². The van der Waals surface area contributed by atoms with Gasteiger partial charge in [0.05, 0.1) is 11.9 Å². The maximum absolute atomic E-state index is 11.6. The highest BCUT2D eigenvalue weighted by atomic mass is 16.2. The number of hydrogen-bond donors (Lipinski definition) is 2. The monoisotopic (exact) mass is 225 g/mol. The van der Waals surface area contributed by atoms with E-state index in [1.165, 1.54) is 4.68 Å². The van der Waals surface area contributed by atoms with E-state index in [-0.39, 0.29) is 18.5 Å². The first-order chi connectivity index (χ1) is 7.69. The summed E-state index contributed by atoms with van der Waals surface area (Å²) >= 11 is 0. The van der Waals surface area contributed by atoms with E-state index >= 15 is 0 Å². The van der Waals surface area contributed by atoms with Crippen LogP contribution in [0.15, 0.2) is 6.20 Å². The molecule has 3 N–H and O–H groups in total. The molecule has 1 rings (SSSR count). The molecule has 6 nitrogen and oxygen atoms in total. The van der Waals surface area contributed by atoms with E-state index in [4.69, 9.17) is 5.73 Å². The summed E-state index contributed by atoms with van der Waals surface area (Å²) in [6, 6.07) is 0.241. The zero-order valence-corrected chi connectivity index (χ0v) is 9.81. The molecule has 16 heavy (non-hydrogen) atoms. The fraction of sp³-hybridized carbons (Fsp3) is 0.700. The van der Waals surface area contributed by atoms with Gasteiger partial charge in [-0.1, -0.05) is 19.1 Å². The van der Waals surface area contributed by atoms with E-state index in [1.54, 1.807) is 6.20 Å². The van der Waals surface area contributed by atoms with Crippen LogP contribution in [0.4, 0.5) is 0 Å². The smallest absolute Gasteiger partial charge is 0.242 e. The van der Waals surface area contributed by atoms with Crippen molar-refractivity contribution >= 4 is 5.91 Å². The third kappa shape index (κ3) is 3.62. The van der Waals surface area contributed by atoms with E-state index in [2.05, 4.69) is 29.5 Å². The average molecular weight is 225 g/mol. The maximum atomic E-state index is 11.6. The average Bonchev–Trinajstić information content (AvgIpc) is 2.73. The molecule has 1 aromatic heterocycles. The van der Waals surface area contributed by atoms with E-state index in [0.717, 1.165) is 12.8 Å². The summed E-state index contributed by atoms with van der Waals surface area (Å²) in [5, 5.41) is 10.6. The molecule has 0 saturated carbocycles. The maximum Gasteiger partial charge on any atom is 0.242 e. The summed E-state index contributed by atoms with van der Waals surface area (Å²) < 4.78 is 1.50. The number of carbonyl (C=O) groups excluding carboxylic acids is 1. The number of nitrogens with zero attached hydrogens (tertiary/aromatic N) is 3. The Morgan fingerprint density at radius 2 is 2.25 bits per heavy atom. The van der Waals surface area contributed by atoms with Crippen LogP contribution in [-0.2, 0) is 17.9 Å². The minimum absolute atomic E-state index is 0.0397. The van der Waals surface area contributed by atoms with Crippen molar-refractivity contribution in [3.63, 3.8) is 0 Å². The number of rotatable bonds is 6. The van der Waals surface area contributed by atoms with Crippen LogP contribution < -0.4 is 11.1 Å². The van der Waals surface area contributed by atoms with Gasteiger partial charge in [0.2, 0.25) is 5.91 Å². The van der Waals surface area contributed by atoms with Gasteiger partial charge in [-0.25, -0.2) is 4.68 Å². The third-order valence-electron chi connectivity index (χ3n) is 2.45. The minimum Gasteiger partial charge on any atom is -0.352 e. The van der Waals surface area contributed by atoms with E-state index in [9.17, 15) is 4.79 Å². The van der Waals surface area contributed by atoms with Gasteiger partial charge in [0, 0.05) is 12.6 Å². The lowest BCUT2D eigenvalue weighted by Gasteiger charge is -2.14. The first-order valence-corrected chi connectivity index (χ1v) is 5.58. The molecule has 0 saturated heterocycles. The van der Waals surface area contributed by atoms with Gasteiger partial charge in [0.1, 0.15) is 6.54 Å². The molecule has 0 bridgehead atoms. The predicted molar refractivity (Wildman–Crippen MR) is 60.4 cm³/mol. The number of nitrogens with two attached hydrogens (primary N) is 1. The zero-order valence-electron chi connectivity index (χ0n) is 9.81. The Kier molecular flexibility index (Phi) is 4.91. The quantitative estimate of drug-likeness (QED) is 0.716. The number of nitrogens with one attached hydrogen (secondary N) is 1. The Morgan fingerprint density at radius 3 is 2.75 bits per heavy atom. The fourth-order valence-corrected chi connectivity index (χ4v) is 1.42. The molecule has 1 aromatic rings. The molecular formula is C10H19N5O. The number of carbonyl (C=O) groups is 1. The molecule has 0 fully saturated rings. The van der Waals surface area contributed by atoms with Crippen molar-refractivity contribution in [2.45, 2.75) is 45.8 Å². The Hall–Kier alpha value is -1.43. The number of aromatic nitrogens is 3. The largest absolute Gasteiger partial charge is 0.352 e. The van der Waals surface area contributed by atoms with Gasteiger partial charge in [-0.15, -0.1) is 5.10 Å². The van der Waals surface area contributed by atoms with Gasteiger partial charge >= 0.3 is 0 Å². The highest BCUT2D eigenvalue weighted by molar-refractivity contribution is 5.75. The van der Waals surface area contributed by atoms with Gasteiger partial charge in [-0.05, 0) is 12.8 Å². The lowest BCUT2D eigenvalue weighted by molar-refractivity contribution is -0.122. The lowest BCUT2D eigenvalue weighted by Crippen LogP contribution is -2.36. The van der Waals surface area contributed by atoms with Gasteiger partial charge in [0.25, 0.3) is 0 Å². The van der Waals surface area contributed by atoms with Crippen molar-refractivity contribution < 1.29 is 4.79 Å². The van der Waals surface area contributed by atoms with Crippen LogP contribution in [0.5, 0.6) is 0 Å². The molecule has 6 heteroatoms. The summed E-state index contributed by atoms with van der Waals surface area (Å²) in [6.45, 7) is 4.64. The van der Waals surface area contributed by atoms with Gasteiger partial charge in [-0.3, -0.25) is 4.79 Å². The molecule has 1 amide bonds. The molecule has 0 aliphatic rings. The third-order valence-corrected chi connectivity index (χ3v) is 2.45. The highest BCUT2D eigenvalue weighted by Gasteiger charge is 2.09. The summed E-state index contributed by atoms with van der Waals surface area (Å²) in [5.41, 5.74) is 6.09. The van der Waals surface area contributed by atoms with Gasteiger partial charge in [-0.2, -0.15) is 0 Å². The Morgan fingerprint density at radius 1 is 1.56 bits per heavy atom. The second-order valence-corrected chi connectivity index (χ2v) is 3.69. The number of hydrogen-bond acceptors (Lipinski definition) is 4. The molecule has 0 aromatic carbocycles. The molecule has 0 aliphatic heterocycles. The van der Waals surface area contributed by atoms with Crippen molar-refractivity contribution in [3.8, 4) is 0 Å². The first kappa shape index (κ1) is 12.6. The van der Waals surface area contributed by atoms with Crippen LogP contribution in [-0.4, -0.2) is 26.9 Å². The molecule has 0 radical (unpaired) electrons. The van der Waals surface area contributed by atoms with Crippen LogP contribution in [0.25, 0.3) is 0 Å². The van der Waals surface area contributed by atoms with E-state index in [0.29, 0.717) is 12.2 Å². The zero-order chi connectivity index (χ0) is 12.0. The minimum atomic E-state index is -0.0397. The van der Waals surface area contributed by atoms with Crippen LogP contribution >= 0.6 is 0 Å². The van der Waals surface area contributed by atoms with Crippen LogP contribution in [0.1, 0.15) is 32.4 Å². The summed E-state index contributed by atoms with van der Waals surface area (Å²) in [4.78, 5) is 11.6. The second kappa shape index (κ2) is 6.22. The molecule has 0 aliphatic carbocycles. The van der Waals surface area contributed by atoms with E-state index < -0.39 is 0 Å². The van der Waals surface area contributed by atoms with Crippen LogP contribution in [0, 0.1) is 0 Å². The summed E-state index contributed by atoms with van der Waals surface area (Å²) in [5.74, 6) is -0.0397. The van der Waals surface area contributed by atoms with Crippen molar-refractivity contribution in [3.05, 3.63) is 11.9 Å². The van der Waals surface area contributed by atoms with Crippen molar-refractivity contribution in [2.75, 3.05) is 0 Å². The van der Waals surface area contributed by atoms with E-state index in [1.807, 2.05) is 0 Å². The predicted octanol–water partition coefficient (Wildman–Crippen LogP) is 0.0416. The standard InChI is InChI=1S/C10H19N5O/c1-3-8(4-2)12-10(16)7-15-6-9(5-11)13-14-15/h6,8H,3-5,7,11H2,1-2H3,(H,12,16). The highest BCUT2D eigenvalue weighted by Crippen LogP contribution is 1.97. The van der Waals surface area contributed by atoms with Crippen molar-refractivity contribution in [1.29, 1.82) is 0 Å². The fourth-order valence-electron chi connectivity index (χ4n) is 1.42. The lowest BCUT2D eigenvalue weighted by atomic mass is 10.2. The van der Waals surface area contributed by atoms with Crippen LogP contribution in [0.2, 0.25) is 0 Å². The first-order valence-electron chi connectivity index (χ1n) is 5.58. The van der Waals surface area contributed by atoms with Gasteiger partial charge < -0.3 is 11.1 Å². The summed E-state index contributed by atoms with van der Waals surface area (Å²) in [7, 11) is 0. The number of amides is 1. The Labute approximate surface area is 95.2 Å². The topological polar surface area (TPSA) is 85.8 Å². The molecule has 0 spiro atoms. The van der Waals surface area contributed by atoms with Gasteiger partial charge in [0.15, 0.2) is 0 Å². The molecule has 90 valence electrons. The molecule has 1 heterocycles. The summed E-state index contributed by atoms with van der Waals surface area (Å²) in [6.07, 6.45) is 3.56. The molecular weight excluding hydrogens is 206 g/mol. The SMILES string of the molecule is CCC(CC)NC(=O)Cn1cc(CN)nn1. The normalized spacial score (nSPS) is 10.8. The van der Waals surface area contributed by atoms with Crippen LogP contribution in [0.3, 0.4) is 0 Å².